The van der Waals surface area contributed by atoms with Crippen molar-refractivity contribution in [3.05, 3.63) is 41.6 Å². The van der Waals surface area contributed by atoms with Gasteiger partial charge in [0.25, 0.3) is 5.91 Å². The SMILES string of the molecule is CCOC(=O)c1cc(NC(=O)c2ccccc2OCC2CCCO2)n[nH]1. The van der Waals surface area contributed by atoms with Crippen LogP contribution in [0.2, 0.25) is 0 Å². The van der Waals surface area contributed by atoms with Crippen LogP contribution in [-0.2, 0) is 9.47 Å². The summed E-state index contributed by atoms with van der Waals surface area (Å²) in [6.07, 6.45) is 2.04. The van der Waals surface area contributed by atoms with Crippen molar-refractivity contribution in [2.75, 3.05) is 25.1 Å². The van der Waals surface area contributed by atoms with Gasteiger partial charge in [0, 0.05) is 12.7 Å². The maximum Gasteiger partial charge on any atom is 0.356 e. The molecule has 1 aromatic carbocycles. The molecule has 0 saturated carbocycles. The second-order valence-electron chi connectivity index (χ2n) is 5.78. The number of aromatic nitrogens is 2. The third-order valence-electron chi connectivity index (χ3n) is 3.90. The maximum absolute atomic E-state index is 12.5. The molecule has 1 fully saturated rings. The molecule has 0 bridgehead atoms. The number of carbonyl (C=O) groups excluding carboxylic acids is 2. The predicted octanol–water partition coefficient (Wildman–Crippen LogP) is 2.40. The van der Waals surface area contributed by atoms with E-state index in [2.05, 4.69) is 15.5 Å². The van der Waals surface area contributed by atoms with E-state index in [-0.39, 0.29) is 30.1 Å². The highest BCUT2D eigenvalue weighted by molar-refractivity contribution is 6.06. The number of benzene rings is 1. The van der Waals surface area contributed by atoms with Gasteiger partial charge in [0.1, 0.15) is 18.1 Å². The Balaban J connectivity index is 1.65. The first kappa shape index (κ1) is 17.9. The molecule has 1 aliphatic heterocycles. The highest BCUT2D eigenvalue weighted by Gasteiger charge is 2.19. The molecule has 1 aromatic heterocycles. The van der Waals surface area contributed by atoms with Gasteiger partial charge >= 0.3 is 5.97 Å². The summed E-state index contributed by atoms with van der Waals surface area (Å²) in [6.45, 7) is 3.12. The van der Waals surface area contributed by atoms with Crippen molar-refractivity contribution in [3.8, 4) is 5.75 Å². The van der Waals surface area contributed by atoms with Crippen LogP contribution < -0.4 is 10.1 Å². The first-order chi connectivity index (χ1) is 12.7. The van der Waals surface area contributed by atoms with Crippen LogP contribution in [0.4, 0.5) is 5.82 Å². The third-order valence-corrected chi connectivity index (χ3v) is 3.90. The fourth-order valence-electron chi connectivity index (χ4n) is 2.62. The van der Waals surface area contributed by atoms with Gasteiger partial charge < -0.3 is 19.5 Å². The summed E-state index contributed by atoms with van der Waals surface area (Å²) in [5.74, 6) is -0.204. The Hall–Kier alpha value is -2.87. The molecule has 8 nitrogen and oxygen atoms in total. The Bertz CT molecular complexity index is 768. The first-order valence-corrected chi connectivity index (χ1v) is 8.54. The molecular weight excluding hydrogens is 338 g/mol. The summed E-state index contributed by atoms with van der Waals surface area (Å²) in [7, 11) is 0. The molecule has 1 amide bonds. The molecule has 26 heavy (non-hydrogen) atoms. The van der Waals surface area contributed by atoms with Crippen molar-refractivity contribution in [2.45, 2.75) is 25.9 Å². The summed E-state index contributed by atoms with van der Waals surface area (Å²) in [6, 6.07) is 8.38. The molecule has 138 valence electrons. The Morgan fingerprint density at radius 3 is 3.00 bits per heavy atom. The second-order valence-corrected chi connectivity index (χ2v) is 5.78. The fourth-order valence-corrected chi connectivity index (χ4v) is 2.62. The molecule has 2 N–H and O–H groups in total. The van der Waals surface area contributed by atoms with E-state index >= 15 is 0 Å². The van der Waals surface area contributed by atoms with Gasteiger partial charge in [0.15, 0.2) is 5.82 Å². The predicted molar refractivity (Wildman–Crippen MR) is 93.4 cm³/mol. The lowest BCUT2D eigenvalue weighted by molar-refractivity contribution is 0.0519. The van der Waals surface area contributed by atoms with Crippen molar-refractivity contribution in [1.82, 2.24) is 10.2 Å². The van der Waals surface area contributed by atoms with Crippen molar-refractivity contribution in [1.29, 1.82) is 0 Å². The number of H-pyrrole nitrogens is 1. The quantitative estimate of drug-likeness (QED) is 0.736. The van der Waals surface area contributed by atoms with Crippen molar-refractivity contribution in [2.24, 2.45) is 0 Å². The zero-order valence-corrected chi connectivity index (χ0v) is 14.5. The summed E-state index contributed by atoms with van der Waals surface area (Å²) < 4.78 is 16.2. The molecule has 0 aliphatic carbocycles. The van der Waals surface area contributed by atoms with Crippen LogP contribution in [0.1, 0.15) is 40.6 Å². The van der Waals surface area contributed by atoms with Crippen LogP contribution in [-0.4, -0.2) is 48.0 Å². The number of rotatable bonds is 7. The van der Waals surface area contributed by atoms with Gasteiger partial charge in [-0.2, -0.15) is 5.10 Å². The van der Waals surface area contributed by atoms with Crippen LogP contribution in [0, 0.1) is 0 Å². The van der Waals surface area contributed by atoms with E-state index in [9.17, 15) is 9.59 Å². The molecular formula is C18H21N3O5. The minimum Gasteiger partial charge on any atom is -0.490 e. The standard InChI is InChI=1S/C18H21N3O5/c1-2-24-18(23)14-10-16(21-20-14)19-17(22)13-7-3-4-8-15(13)26-11-12-6-5-9-25-12/h3-4,7-8,10,12H,2,5-6,9,11H2,1H3,(H2,19,20,21,22). The summed E-state index contributed by atoms with van der Waals surface area (Å²) in [5, 5.41) is 9.09. The highest BCUT2D eigenvalue weighted by Crippen LogP contribution is 2.21. The molecule has 2 heterocycles. The Kier molecular flexibility index (Phi) is 5.85. The van der Waals surface area contributed by atoms with Gasteiger partial charge in [0.05, 0.1) is 18.3 Å². The number of hydrogen-bond donors (Lipinski definition) is 2. The van der Waals surface area contributed by atoms with Crippen LogP contribution in [0.5, 0.6) is 5.75 Å². The van der Waals surface area contributed by atoms with Gasteiger partial charge in [0.2, 0.25) is 0 Å². The van der Waals surface area contributed by atoms with Crippen LogP contribution in [0.3, 0.4) is 0 Å². The number of nitrogens with one attached hydrogen (secondary N) is 2. The summed E-state index contributed by atoms with van der Waals surface area (Å²) >= 11 is 0. The number of anilines is 1. The third kappa shape index (κ3) is 4.40. The lowest BCUT2D eigenvalue weighted by atomic mass is 10.2. The van der Waals surface area contributed by atoms with Crippen molar-refractivity contribution < 1.29 is 23.8 Å². The first-order valence-electron chi connectivity index (χ1n) is 8.54. The summed E-state index contributed by atoms with van der Waals surface area (Å²) in [4.78, 5) is 24.2. The second kappa shape index (κ2) is 8.48. The van der Waals surface area contributed by atoms with Gasteiger partial charge in [-0.25, -0.2) is 4.79 Å². The smallest absolute Gasteiger partial charge is 0.356 e. The molecule has 8 heteroatoms. The normalized spacial score (nSPS) is 16.3. The number of hydrogen-bond acceptors (Lipinski definition) is 6. The number of ether oxygens (including phenoxy) is 3. The topological polar surface area (TPSA) is 103 Å². The maximum atomic E-state index is 12.5. The lowest BCUT2D eigenvalue weighted by Gasteiger charge is -2.14. The van der Waals surface area contributed by atoms with Crippen LogP contribution in [0.25, 0.3) is 0 Å². The molecule has 0 radical (unpaired) electrons. The Labute approximate surface area is 150 Å². The monoisotopic (exact) mass is 359 g/mol. The molecule has 1 saturated heterocycles. The number of carbonyl (C=O) groups is 2. The number of para-hydroxylation sites is 1. The number of esters is 1. The molecule has 2 aromatic rings. The zero-order chi connectivity index (χ0) is 18.4. The van der Waals surface area contributed by atoms with E-state index in [1.807, 2.05) is 0 Å². The largest absolute Gasteiger partial charge is 0.490 e. The molecule has 1 aliphatic rings. The highest BCUT2D eigenvalue weighted by atomic mass is 16.5. The average Bonchev–Trinajstić information content (AvgIpc) is 3.32. The molecule has 0 spiro atoms. The zero-order valence-electron chi connectivity index (χ0n) is 14.5. The van der Waals surface area contributed by atoms with Crippen molar-refractivity contribution >= 4 is 17.7 Å². The molecule has 1 unspecified atom stereocenters. The van der Waals surface area contributed by atoms with E-state index in [0.29, 0.717) is 17.9 Å². The molecule has 3 rings (SSSR count). The van der Waals surface area contributed by atoms with Gasteiger partial charge in [-0.3, -0.25) is 9.89 Å². The van der Waals surface area contributed by atoms with E-state index < -0.39 is 5.97 Å². The van der Waals surface area contributed by atoms with E-state index in [0.717, 1.165) is 19.4 Å². The van der Waals surface area contributed by atoms with Gasteiger partial charge in [-0.1, -0.05) is 12.1 Å². The summed E-state index contributed by atoms with van der Waals surface area (Å²) in [5.41, 5.74) is 0.552. The molecule has 1 atom stereocenters. The van der Waals surface area contributed by atoms with E-state index in [1.165, 1.54) is 6.07 Å². The number of amides is 1. The van der Waals surface area contributed by atoms with E-state index in [4.69, 9.17) is 14.2 Å². The minimum absolute atomic E-state index is 0.0598. The lowest BCUT2D eigenvalue weighted by Crippen LogP contribution is -2.19. The Morgan fingerprint density at radius 1 is 1.38 bits per heavy atom. The van der Waals surface area contributed by atoms with E-state index in [1.54, 1.807) is 31.2 Å². The number of aromatic amines is 1. The Morgan fingerprint density at radius 2 is 2.23 bits per heavy atom. The fraction of sp³-hybridized carbons (Fsp3) is 0.389. The van der Waals surface area contributed by atoms with Crippen molar-refractivity contribution in [3.63, 3.8) is 0 Å². The van der Waals surface area contributed by atoms with Crippen LogP contribution in [0.15, 0.2) is 30.3 Å². The van der Waals surface area contributed by atoms with Crippen LogP contribution >= 0.6 is 0 Å². The van der Waals surface area contributed by atoms with Gasteiger partial charge in [-0.05, 0) is 31.9 Å². The van der Waals surface area contributed by atoms with Gasteiger partial charge in [-0.15, -0.1) is 0 Å². The number of nitrogens with zero attached hydrogens (tertiary/aromatic N) is 1. The minimum atomic E-state index is -0.527. The average molecular weight is 359 g/mol.